The zero-order valence-electron chi connectivity index (χ0n) is 12.5. The Kier molecular flexibility index (Phi) is 5.20. The molecule has 0 radical (unpaired) electrons. The second kappa shape index (κ2) is 6.05. The number of nitrogens with two attached hydrogens (primary N) is 1. The van der Waals surface area contributed by atoms with Crippen LogP contribution in [-0.4, -0.2) is 19.0 Å². The molecule has 1 aliphatic carbocycles. The molecule has 1 fully saturated rings. The van der Waals surface area contributed by atoms with E-state index in [1.165, 1.54) is 12.8 Å². The highest BCUT2D eigenvalue weighted by Gasteiger charge is 2.37. The van der Waals surface area contributed by atoms with E-state index in [9.17, 15) is 4.79 Å². The number of amides is 1. The van der Waals surface area contributed by atoms with Gasteiger partial charge in [-0.15, -0.1) is 0 Å². The van der Waals surface area contributed by atoms with Gasteiger partial charge in [0.15, 0.2) is 0 Å². The van der Waals surface area contributed by atoms with Crippen LogP contribution in [-0.2, 0) is 4.79 Å². The highest BCUT2D eigenvalue weighted by atomic mass is 16.1. The molecule has 0 aromatic heterocycles. The van der Waals surface area contributed by atoms with Crippen LogP contribution in [0.5, 0.6) is 0 Å². The predicted molar refractivity (Wildman–Crippen MR) is 76.2 cm³/mol. The van der Waals surface area contributed by atoms with E-state index in [1.807, 2.05) is 0 Å². The summed E-state index contributed by atoms with van der Waals surface area (Å²) in [7, 11) is 0. The molecular weight excluding hydrogens is 224 g/mol. The van der Waals surface area contributed by atoms with E-state index in [0.717, 1.165) is 19.4 Å². The van der Waals surface area contributed by atoms with E-state index < -0.39 is 0 Å². The number of hydrogen-bond acceptors (Lipinski definition) is 2. The Morgan fingerprint density at radius 3 is 2.39 bits per heavy atom. The lowest BCUT2D eigenvalue weighted by atomic mass is 9.76. The molecule has 3 nitrogen and oxygen atoms in total. The average molecular weight is 254 g/mol. The fourth-order valence-corrected chi connectivity index (χ4v) is 2.31. The fourth-order valence-electron chi connectivity index (χ4n) is 2.31. The van der Waals surface area contributed by atoms with Crippen LogP contribution >= 0.6 is 0 Å². The largest absolute Gasteiger partial charge is 0.356 e. The molecule has 18 heavy (non-hydrogen) atoms. The Bertz CT molecular complexity index is 277. The van der Waals surface area contributed by atoms with Crippen LogP contribution < -0.4 is 11.1 Å². The van der Waals surface area contributed by atoms with Crippen LogP contribution in [0, 0.1) is 16.7 Å². The lowest BCUT2D eigenvalue weighted by molar-refractivity contribution is -0.121. The second-order valence-electron chi connectivity index (χ2n) is 7.27. The highest BCUT2D eigenvalue weighted by molar-refractivity contribution is 5.75. The first-order chi connectivity index (χ1) is 8.27. The van der Waals surface area contributed by atoms with Crippen LogP contribution in [0.4, 0.5) is 0 Å². The fraction of sp³-hybridized carbons (Fsp3) is 0.933. The Labute approximate surface area is 112 Å². The molecule has 0 aliphatic heterocycles. The van der Waals surface area contributed by atoms with Crippen molar-refractivity contribution in [1.82, 2.24) is 5.32 Å². The Hall–Kier alpha value is -0.570. The Balaban J connectivity index is 2.26. The lowest BCUT2D eigenvalue weighted by Gasteiger charge is -2.30. The van der Waals surface area contributed by atoms with Crippen molar-refractivity contribution < 1.29 is 4.79 Å². The molecule has 1 rings (SSSR count). The lowest BCUT2D eigenvalue weighted by Crippen LogP contribution is -2.30. The van der Waals surface area contributed by atoms with Gasteiger partial charge in [-0.05, 0) is 49.0 Å². The van der Waals surface area contributed by atoms with Crippen LogP contribution in [0.3, 0.4) is 0 Å². The normalized spacial score (nSPS) is 19.4. The number of carbonyl (C=O) groups excluding carboxylic acids is 1. The minimum Gasteiger partial charge on any atom is -0.356 e. The maximum Gasteiger partial charge on any atom is 0.220 e. The van der Waals surface area contributed by atoms with E-state index in [2.05, 4.69) is 33.0 Å². The molecule has 0 spiro atoms. The predicted octanol–water partition coefficient (Wildman–Crippen LogP) is 2.69. The van der Waals surface area contributed by atoms with E-state index in [0.29, 0.717) is 24.3 Å². The summed E-state index contributed by atoms with van der Waals surface area (Å²) < 4.78 is 0. The molecular formula is C15H30N2O. The van der Waals surface area contributed by atoms with Crippen molar-refractivity contribution in [2.24, 2.45) is 22.5 Å². The van der Waals surface area contributed by atoms with Gasteiger partial charge in [0.1, 0.15) is 0 Å². The summed E-state index contributed by atoms with van der Waals surface area (Å²) in [5.74, 6) is 0.735. The van der Waals surface area contributed by atoms with Crippen molar-refractivity contribution >= 4 is 5.91 Å². The SMILES string of the molecule is CC1(CNC(=O)CCC(CCN)C(C)(C)C)CC1. The molecule has 1 unspecified atom stereocenters. The summed E-state index contributed by atoms with van der Waals surface area (Å²) in [6.07, 6.45) is 5.10. The van der Waals surface area contributed by atoms with E-state index >= 15 is 0 Å². The van der Waals surface area contributed by atoms with Gasteiger partial charge in [0.05, 0.1) is 0 Å². The summed E-state index contributed by atoms with van der Waals surface area (Å²) >= 11 is 0. The van der Waals surface area contributed by atoms with Crippen molar-refractivity contribution in [3.63, 3.8) is 0 Å². The highest BCUT2D eigenvalue weighted by Crippen LogP contribution is 2.44. The topological polar surface area (TPSA) is 55.1 Å². The molecule has 0 bridgehead atoms. The first-order valence-corrected chi connectivity index (χ1v) is 7.24. The van der Waals surface area contributed by atoms with Crippen LogP contribution in [0.1, 0.15) is 59.8 Å². The van der Waals surface area contributed by atoms with Gasteiger partial charge in [-0.1, -0.05) is 27.7 Å². The monoisotopic (exact) mass is 254 g/mol. The van der Waals surface area contributed by atoms with Crippen molar-refractivity contribution in [2.75, 3.05) is 13.1 Å². The molecule has 106 valence electrons. The third kappa shape index (κ3) is 5.38. The standard InChI is InChI=1S/C15H30N2O/c1-14(2,3)12(7-10-16)5-6-13(18)17-11-15(4)8-9-15/h12H,5-11,16H2,1-4H3,(H,17,18). The van der Waals surface area contributed by atoms with Crippen LogP contribution in [0.15, 0.2) is 0 Å². The van der Waals surface area contributed by atoms with Gasteiger partial charge in [-0.3, -0.25) is 4.79 Å². The molecule has 1 amide bonds. The Morgan fingerprint density at radius 2 is 1.94 bits per heavy atom. The number of rotatable bonds is 7. The van der Waals surface area contributed by atoms with Crippen molar-refractivity contribution in [1.29, 1.82) is 0 Å². The zero-order valence-corrected chi connectivity index (χ0v) is 12.5. The van der Waals surface area contributed by atoms with Gasteiger partial charge in [0.2, 0.25) is 5.91 Å². The molecule has 0 aromatic carbocycles. The maximum atomic E-state index is 11.8. The molecule has 3 heteroatoms. The third-order valence-electron chi connectivity index (χ3n) is 4.28. The van der Waals surface area contributed by atoms with Gasteiger partial charge in [0, 0.05) is 13.0 Å². The van der Waals surface area contributed by atoms with Crippen molar-refractivity contribution in [2.45, 2.75) is 59.8 Å². The molecule has 0 aromatic rings. The van der Waals surface area contributed by atoms with E-state index in [-0.39, 0.29) is 11.3 Å². The quantitative estimate of drug-likeness (QED) is 0.734. The smallest absolute Gasteiger partial charge is 0.220 e. The molecule has 1 atom stereocenters. The summed E-state index contributed by atoms with van der Waals surface area (Å²) in [5.41, 5.74) is 6.29. The molecule has 1 aliphatic rings. The van der Waals surface area contributed by atoms with Crippen molar-refractivity contribution in [3.8, 4) is 0 Å². The minimum absolute atomic E-state index is 0.203. The number of nitrogens with one attached hydrogen (secondary N) is 1. The minimum atomic E-state index is 0.203. The van der Waals surface area contributed by atoms with Gasteiger partial charge in [0.25, 0.3) is 0 Å². The first kappa shape index (κ1) is 15.5. The second-order valence-corrected chi connectivity index (χ2v) is 7.27. The van der Waals surface area contributed by atoms with Gasteiger partial charge in [-0.25, -0.2) is 0 Å². The molecule has 0 heterocycles. The van der Waals surface area contributed by atoms with Gasteiger partial charge < -0.3 is 11.1 Å². The van der Waals surface area contributed by atoms with Crippen LogP contribution in [0.25, 0.3) is 0 Å². The number of carbonyl (C=O) groups is 1. The summed E-state index contributed by atoms with van der Waals surface area (Å²) in [6.45, 7) is 10.5. The maximum absolute atomic E-state index is 11.8. The third-order valence-corrected chi connectivity index (χ3v) is 4.28. The van der Waals surface area contributed by atoms with E-state index in [1.54, 1.807) is 0 Å². The first-order valence-electron chi connectivity index (χ1n) is 7.24. The van der Waals surface area contributed by atoms with Crippen molar-refractivity contribution in [3.05, 3.63) is 0 Å². The number of hydrogen-bond donors (Lipinski definition) is 2. The van der Waals surface area contributed by atoms with E-state index in [4.69, 9.17) is 5.73 Å². The summed E-state index contributed by atoms with van der Waals surface area (Å²) in [4.78, 5) is 11.8. The molecule has 1 saturated carbocycles. The van der Waals surface area contributed by atoms with Gasteiger partial charge >= 0.3 is 0 Å². The summed E-state index contributed by atoms with van der Waals surface area (Å²) in [5, 5.41) is 3.06. The molecule has 3 N–H and O–H groups in total. The van der Waals surface area contributed by atoms with Gasteiger partial charge in [-0.2, -0.15) is 0 Å². The van der Waals surface area contributed by atoms with Crippen LogP contribution in [0.2, 0.25) is 0 Å². The Morgan fingerprint density at radius 1 is 1.33 bits per heavy atom. The zero-order chi connectivity index (χ0) is 13.8. The average Bonchev–Trinajstić information content (AvgIpc) is 2.99. The molecule has 0 saturated heterocycles. The summed E-state index contributed by atoms with van der Waals surface area (Å²) in [6, 6.07) is 0.